The molecule has 0 spiro atoms. The fraction of sp³-hybridized carbons (Fsp3) is 0.923. The Morgan fingerprint density at radius 2 is 1.75 bits per heavy atom. The zero-order valence-corrected chi connectivity index (χ0v) is 11.6. The van der Waals surface area contributed by atoms with Gasteiger partial charge in [0, 0.05) is 19.1 Å². The minimum atomic E-state index is -4.39. The summed E-state index contributed by atoms with van der Waals surface area (Å²) in [5.41, 5.74) is 0. The van der Waals surface area contributed by atoms with E-state index in [9.17, 15) is 18.0 Å². The number of hydrogen-bond donors (Lipinski definition) is 2. The van der Waals surface area contributed by atoms with Crippen LogP contribution in [0.3, 0.4) is 0 Å². The molecule has 0 radical (unpaired) electrons. The first-order valence-electron chi connectivity index (χ1n) is 7.12. The van der Waals surface area contributed by atoms with Crippen molar-refractivity contribution in [1.29, 1.82) is 0 Å². The third-order valence-corrected chi connectivity index (χ3v) is 3.23. The van der Waals surface area contributed by atoms with Crippen LogP contribution in [-0.4, -0.2) is 44.4 Å². The van der Waals surface area contributed by atoms with Gasteiger partial charge in [-0.1, -0.05) is 25.7 Å². The number of carbonyl (C=O) groups is 1. The predicted octanol–water partition coefficient (Wildman–Crippen LogP) is 1.99. The second-order valence-corrected chi connectivity index (χ2v) is 5.10. The second-order valence-electron chi connectivity index (χ2n) is 5.10. The minimum absolute atomic E-state index is 0.407. The number of nitrogens with one attached hydrogen (secondary N) is 2. The summed E-state index contributed by atoms with van der Waals surface area (Å²) in [6.45, 7) is -0.899. The van der Waals surface area contributed by atoms with Crippen LogP contribution < -0.4 is 10.6 Å². The van der Waals surface area contributed by atoms with E-state index in [0.29, 0.717) is 19.1 Å². The molecule has 0 heterocycles. The average molecular weight is 296 g/mol. The van der Waals surface area contributed by atoms with E-state index in [0.717, 1.165) is 12.8 Å². The Kier molecular flexibility index (Phi) is 7.91. The molecule has 1 aliphatic carbocycles. The lowest BCUT2D eigenvalue weighted by atomic mass is 10.1. The molecule has 0 saturated heterocycles. The van der Waals surface area contributed by atoms with Gasteiger partial charge in [-0.05, 0) is 12.8 Å². The molecule has 1 amide bonds. The zero-order chi connectivity index (χ0) is 14.8. The van der Waals surface area contributed by atoms with Crippen LogP contribution in [0.1, 0.15) is 38.5 Å². The Hall–Kier alpha value is -0.820. The summed E-state index contributed by atoms with van der Waals surface area (Å²) >= 11 is 0. The van der Waals surface area contributed by atoms with Crippen molar-refractivity contribution in [1.82, 2.24) is 10.6 Å². The van der Waals surface area contributed by atoms with Crippen molar-refractivity contribution in [3.63, 3.8) is 0 Å². The lowest BCUT2D eigenvalue weighted by molar-refractivity contribution is -0.175. The van der Waals surface area contributed by atoms with Crippen LogP contribution in [0, 0.1) is 0 Å². The van der Waals surface area contributed by atoms with Crippen molar-refractivity contribution < 1.29 is 22.7 Å². The standard InChI is InChI=1S/C13H23F3N2O2/c14-13(15,16)10-20-9-12(19)18-8-7-17-11-5-3-1-2-4-6-11/h11,17H,1-10H2,(H,18,19). The number of amides is 1. The number of ether oxygens (including phenoxy) is 1. The first-order valence-corrected chi connectivity index (χ1v) is 7.12. The third-order valence-electron chi connectivity index (χ3n) is 3.23. The van der Waals surface area contributed by atoms with Crippen molar-refractivity contribution in [3.05, 3.63) is 0 Å². The molecule has 0 aromatic rings. The lowest BCUT2D eigenvalue weighted by Gasteiger charge is -2.16. The molecule has 20 heavy (non-hydrogen) atoms. The molecular formula is C13H23F3N2O2. The van der Waals surface area contributed by atoms with Crippen LogP contribution in [0.5, 0.6) is 0 Å². The van der Waals surface area contributed by atoms with Gasteiger partial charge in [0.05, 0.1) is 0 Å². The van der Waals surface area contributed by atoms with E-state index >= 15 is 0 Å². The predicted molar refractivity (Wildman–Crippen MR) is 69.4 cm³/mol. The maximum Gasteiger partial charge on any atom is 0.411 e. The summed E-state index contributed by atoms with van der Waals surface area (Å²) in [6, 6.07) is 0.496. The van der Waals surface area contributed by atoms with Crippen molar-refractivity contribution in [2.24, 2.45) is 0 Å². The van der Waals surface area contributed by atoms with E-state index in [1.54, 1.807) is 0 Å². The van der Waals surface area contributed by atoms with Gasteiger partial charge in [0.1, 0.15) is 13.2 Å². The molecule has 1 fully saturated rings. The molecule has 0 unspecified atom stereocenters. The van der Waals surface area contributed by atoms with Gasteiger partial charge in [-0.25, -0.2) is 0 Å². The summed E-state index contributed by atoms with van der Waals surface area (Å²) in [5, 5.41) is 5.89. The maximum absolute atomic E-state index is 11.8. The lowest BCUT2D eigenvalue weighted by Crippen LogP contribution is -2.38. The fourth-order valence-electron chi connectivity index (χ4n) is 2.27. The molecule has 0 aliphatic heterocycles. The molecule has 0 aromatic heterocycles. The van der Waals surface area contributed by atoms with Crippen LogP contribution in [0.15, 0.2) is 0 Å². The SMILES string of the molecule is O=C(COCC(F)(F)F)NCCNC1CCCCCC1. The Labute approximate surface area is 117 Å². The maximum atomic E-state index is 11.8. The quantitative estimate of drug-likeness (QED) is 0.558. The molecule has 1 saturated carbocycles. The molecule has 1 rings (SSSR count). The fourth-order valence-corrected chi connectivity index (χ4v) is 2.27. The Morgan fingerprint density at radius 1 is 1.10 bits per heavy atom. The summed E-state index contributed by atoms with van der Waals surface area (Å²) in [4.78, 5) is 11.2. The van der Waals surface area contributed by atoms with Gasteiger partial charge in [-0.3, -0.25) is 4.79 Å². The minimum Gasteiger partial charge on any atom is -0.362 e. The third kappa shape index (κ3) is 9.14. The normalized spacial score (nSPS) is 17.8. The first-order chi connectivity index (χ1) is 9.47. The van der Waals surface area contributed by atoms with Crippen LogP contribution in [-0.2, 0) is 9.53 Å². The van der Waals surface area contributed by atoms with Gasteiger partial charge >= 0.3 is 6.18 Å². The van der Waals surface area contributed by atoms with Gasteiger partial charge in [0.25, 0.3) is 0 Å². The van der Waals surface area contributed by atoms with E-state index in [1.165, 1.54) is 25.7 Å². The van der Waals surface area contributed by atoms with Crippen molar-refractivity contribution in [3.8, 4) is 0 Å². The van der Waals surface area contributed by atoms with E-state index in [2.05, 4.69) is 15.4 Å². The van der Waals surface area contributed by atoms with Gasteiger partial charge in [-0.2, -0.15) is 13.2 Å². The summed E-state index contributed by atoms with van der Waals surface area (Å²) in [5.74, 6) is -0.517. The highest BCUT2D eigenvalue weighted by Crippen LogP contribution is 2.16. The number of hydrogen-bond acceptors (Lipinski definition) is 3. The summed E-state index contributed by atoms with van der Waals surface area (Å²) in [6.07, 6.45) is 2.95. The number of alkyl halides is 3. The number of halogens is 3. The van der Waals surface area contributed by atoms with Gasteiger partial charge in [-0.15, -0.1) is 0 Å². The van der Waals surface area contributed by atoms with Gasteiger partial charge in [0.2, 0.25) is 5.91 Å². The van der Waals surface area contributed by atoms with Crippen LogP contribution in [0.4, 0.5) is 13.2 Å². The van der Waals surface area contributed by atoms with Crippen molar-refractivity contribution >= 4 is 5.91 Å². The van der Waals surface area contributed by atoms with Crippen molar-refractivity contribution in [2.75, 3.05) is 26.3 Å². The van der Waals surface area contributed by atoms with Gasteiger partial charge < -0.3 is 15.4 Å². The van der Waals surface area contributed by atoms with E-state index < -0.39 is 25.3 Å². The monoisotopic (exact) mass is 296 g/mol. The number of rotatable bonds is 7. The second kappa shape index (κ2) is 9.18. The molecule has 0 atom stereocenters. The summed E-state index contributed by atoms with van der Waals surface area (Å²) < 4.78 is 39.6. The van der Waals surface area contributed by atoms with E-state index in [4.69, 9.17) is 0 Å². The van der Waals surface area contributed by atoms with E-state index in [-0.39, 0.29) is 0 Å². The van der Waals surface area contributed by atoms with Gasteiger partial charge in [0.15, 0.2) is 0 Å². The highest BCUT2D eigenvalue weighted by atomic mass is 19.4. The molecular weight excluding hydrogens is 273 g/mol. The van der Waals surface area contributed by atoms with E-state index in [1.807, 2.05) is 0 Å². The molecule has 0 bridgehead atoms. The highest BCUT2D eigenvalue weighted by Gasteiger charge is 2.27. The average Bonchev–Trinajstić information content (AvgIpc) is 2.61. The first kappa shape index (κ1) is 17.2. The Balaban J connectivity index is 1.98. The molecule has 0 aromatic carbocycles. The molecule has 7 heteroatoms. The molecule has 2 N–H and O–H groups in total. The molecule has 118 valence electrons. The highest BCUT2D eigenvalue weighted by molar-refractivity contribution is 5.77. The van der Waals surface area contributed by atoms with Crippen LogP contribution in [0.25, 0.3) is 0 Å². The largest absolute Gasteiger partial charge is 0.411 e. The Bertz CT molecular complexity index is 277. The van der Waals surface area contributed by atoms with Crippen molar-refractivity contribution in [2.45, 2.75) is 50.7 Å². The van der Waals surface area contributed by atoms with Crippen LogP contribution in [0.2, 0.25) is 0 Å². The number of carbonyl (C=O) groups excluding carboxylic acids is 1. The topological polar surface area (TPSA) is 50.4 Å². The zero-order valence-electron chi connectivity index (χ0n) is 11.6. The molecule has 4 nitrogen and oxygen atoms in total. The van der Waals surface area contributed by atoms with Crippen LogP contribution >= 0.6 is 0 Å². The smallest absolute Gasteiger partial charge is 0.362 e. The molecule has 1 aliphatic rings. The Morgan fingerprint density at radius 3 is 2.35 bits per heavy atom. The summed E-state index contributed by atoms with van der Waals surface area (Å²) in [7, 11) is 0.